The van der Waals surface area contributed by atoms with Crippen molar-refractivity contribution in [3.63, 3.8) is 0 Å². The first-order valence-electron chi connectivity index (χ1n) is 8.21. The van der Waals surface area contributed by atoms with Crippen LogP contribution in [0.3, 0.4) is 0 Å². The molecular formula is C18H22N2O3. The molecule has 2 fully saturated rings. The van der Waals surface area contributed by atoms with E-state index >= 15 is 0 Å². The second kappa shape index (κ2) is 6.14. The minimum Gasteiger partial charge on any atom is -0.325 e. The van der Waals surface area contributed by atoms with Crippen molar-refractivity contribution in [3.05, 3.63) is 29.8 Å². The molecule has 1 aromatic rings. The van der Waals surface area contributed by atoms with Crippen LogP contribution in [-0.2, 0) is 14.4 Å². The van der Waals surface area contributed by atoms with Gasteiger partial charge in [0.25, 0.3) is 0 Å². The molecule has 0 atom stereocenters. The standard InChI is InChI=1S/C18H22N2O3/c1-13-6-5-7-14(10-13)19-15(21)12-20-16(22)11-18(17(20)23)8-3-2-4-9-18/h5-7,10H,2-4,8-9,11-12H2,1H3,(H,19,21). The molecule has 0 radical (unpaired) electrons. The Morgan fingerprint density at radius 2 is 1.96 bits per heavy atom. The van der Waals surface area contributed by atoms with Crippen molar-refractivity contribution in [2.24, 2.45) is 5.41 Å². The van der Waals surface area contributed by atoms with E-state index in [9.17, 15) is 14.4 Å². The number of nitrogens with one attached hydrogen (secondary N) is 1. The number of aryl methyl sites for hydroxylation is 1. The Kier molecular flexibility index (Phi) is 4.20. The highest BCUT2D eigenvalue weighted by molar-refractivity contribution is 6.09. The zero-order chi connectivity index (χ0) is 16.4. The van der Waals surface area contributed by atoms with E-state index in [1.54, 1.807) is 6.07 Å². The smallest absolute Gasteiger partial charge is 0.244 e. The van der Waals surface area contributed by atoms with Crippen molar-refractivity contribution in [3.8, 4) is 0 Å². The predicted octanol–water partition coefficient (Wildman–Crippen LogP) is 2.64. The van der Waals surface area contributed by atoms with Crippen LogP contribution in [0.1, 0.15) is 44.1 Å². The SMILES string of the molecule is Cc1cccc(NC(=O)CN2C(=O)CC3(CCCCC3)C2=O)c1. The van der Waals surface area contributed by atoms with Crippen molar-refractivity contribution in [1.82, 2.24) is 4.90 Å². The van der Waals surface area contributed by atoms with Crippen molar-refractivity contribution < 1.29 is 14.4 Å². The van der Waals surface area contributed by atoms with E-state index in [1.807, 2.05) is 25.1 Å². The van der Waals surface area contributed by atoms with Gasteiger partial charge in [-0.05, 0) is 37.5 Å². The number of carbonyl (C=O) groups is 3. The highest BCUT2D eigenvalue weighted by Gasteiger charge is 2.51. The number of rotatable bonds is 3. The zero-order valence-corrected chi connectivity index (χ0v) is 13.4. The van der Waals surface area contributed by atoms with Crippen molar-refractivity contribution in [2.45, 2.75) is 45.4 Å². The Morgan fingerprint density at radius 3 is 2.65 bits per heavy atom. The van der Waals surface area contributed by atoms with E-state index < -0.39 is 5.41 Å². The Bertz CT molecular complexity index is 647. The summed E-state index contributed by atoms with van der Waals surface area (Å²) in [6.07, 6.45) is 4.91. The largest absolute Gasteiger partial charge is 0.325 e. The van der Waals surface area contributed by atoms with E-state index in [4.69, 9.17) is 0 Å². The van der Waals surface area contributed by atoms with Gasteiger partial charge in [-0.2, -0.15) is 0 Å². The van der Waals surface area contributed by atoms with Gasteiger partial charge in [0.1, 0.15) is 6.54 Å². The van der Waals surface area contributed by atoms with Gasteiger partial charge in [0.2, 0.25) is 17.7 Å². The molecule has 3 rings (SSSR count). The van der Waals surface area contributed by atoms with Gasteiger partial charge in [0.05, 0.1) is 5.41 Å². The summed E-state index contributed by atoms with van der Waals surface area (Å²) >= 11 is 0. The van der Waals surface area contributed by atoms with Crippen LogP contribution in [0, 0.1) is 12.3 Å². The molecule has 122 valence electrons. The first kappa shape index (κ1) is 15.7. The molecule has 0 aromatic heterocycles. The highest BCUT2D eigenvalue weighted by Crippen LogP contribution is 2.45. The molecule has 1 aliphatic heterocycles. The van der Waals surface area contributed by atoms with Gasteiger partial charge >= 0.3 is 0 Å². The molecule has 2 aliphatic rings. The molecule has 3 amide bonds. The van der Waals surface area contributed by atoms with Gasteiger partial charge in [0, 0.05) is 12.1 Å². The number of imide groups is 1. The van der Waals surface area contributed by atoms with Crippen molar-refractivity contribution in [2.75, 3.05) is 11.9 Å². The van der Waals surface area contributed by atoms with Gasteiger partial charge < -0.3 is 5.32 Å². The van der Waals surface area contributed by atoms with Gasteiger partial charge in [-0.1, -0.05) is 31.4 Å². The van der Waals surface area contributed by atoms with Crippen LogP contribution in [0.2, 0.25) is 0 Å². The lowest BCUT2D eigenvalue weighted by Crippen LogP contribution is -2.41. The third kappa shape index (κ3) is 3.14. The van der Waals surface area contributed by atoms with E-state index in [0.29, 0.717) is 5.69 Å². The van der Waals surface area contributed by atoms with Crippen LogP contribution in [0.5, 0.6) is 0 Å². The topological polar surface area (TPSA) is 66.5 Å². The molecule has 1 N–H and O–H groups in total. The van der Waals surface area contributed by atoms with Crippen LogP contribution < -0.4 is 5.32 Å². The van der Waals surface area contributed by atoms with Crippen molar-refractivity contribution in [1.29, 1.82) is 0 Å². The van der Waals surface area contributed by atoms with E-state index in [-0.39, 0.29) is 30.7 Å². The lowest BCUT2D eigenvalue weighted by molar-refractivity contribution is -0.144. The third-order valence-electron chi connectivity index (χ3n) is 4.90. The number of nitrogens with zero attached hydrogens (tertiary/aromatic N) is 1. The van der Waals surface area contributed by atoms with Crippen LogP contribution in [-0.4, -0.2) is 29.2 Å². The van der Waals surface area contributed by atoms with E-state index in [1.165, 1.54) is 0 Å². The number of anilines is 1. The summed E-state index contributed by atoms with van der Waals surface area (Å²) in [4.78, 5) is 38.2. The molecule has 5 heteroatoms. The van der Waals surface area contributed by atoms with Crippen LogP contribution in [0.15, 0.2) is 24.3 Å². The Balaban J connectivity index is 1.66. The second-order valence-electron chi connectivity index (χ2n) is 6.72. The second-order valence-corrected chi connectivity index (χ2v) is 6.72. The Morgan fingerprint density at radius 1 is 1.22 bits per heavy atom. The Labute approximate surface area is 136 Å². The number of benzene rings is 1. The van der Waals surface area contributed by atoms with E-state index in [0.717, 1.165) is 42.6 Å². The summed E-state index contributed by atoms with van der Waals surface area (Å²) in [6.45, 7) is 1.75. The van der Waals surface area contributed by atoms with Gasteiger partial charge in [0.15, 0.2) is 0 Å². The number of amides is 3. The number of likely N-dealkylation sites (tertiary alicyclic amines) is 1. The third-order valence-corrected chi connectivity index (χ3v) is 4.90. The molecule has 23 heavy (non-hydrogen) atoms. The maximum absolute atomic E-state index is 12.7. The number of carbonyl (C=O) groups excluding carboxylic acids is 3. The molecule has 0 bridgehead atoms. The van der Waals surface area contributed by atoms with Gasteiger partial charge in [-0.25, -0.2) is 0 Å². The summed E-state index contributed by atoms with van der Waals surface area (Å²) in [7, 11) is 0. The fraction of sp³-hybridized carbons (Fsp3) is 0.500. The summed E-state index contributed by atoms with van der Waals surface area (Å²) in [5, 5.41) is 2.76. The van der Waals surface area contributed by atoms with Crippen LogP contribution in [0.4, 0.5) is 5.69 Å². The molecule has 1 saturated carbocycles. The first-order chi connectivity index (χ1) is 11.0. The molecule has 0 unspecified atom stereocenters. The summed E-state index contributed by atoms with van der Waals surface area (Å²) in [6, 6.07) is 7.44. The maximum atomic E-state index is 12.7. The van der Waals surface area contributed by atoms with Gasteiger partial charge in [-0.15, -0.1) is 0 Å². The highest BCUT2D eigenvalue weighted by atomic mass is 16.2. The monoisotopic (exact) mass is 314 g/mol. The molecule has 1 heterocycles. The van der Waals surface area contributed by atoms with Crippen LogP contribution >= 0.6 is 0 Å². The summed E-state index contributed by atoms with van der Waals surface area (Å²) in [5.41, 5.74) is 1.19. The molecule has 5 nitrogen and oxygen atoms in total. The van der Waals surface area contributed by atoms with E-state index in [2.05, 4.69) is 5.32 Å². The lowest BCUT2D eigenvalue weighted by atomic mass is 9.73. The minimum absolute atomic E-state index is 0.151. The molecule has 1 aliphatic carbocycles. The predicted molar refractivity (Wildman–Crippen MR) is 86.7 cm³/mol. The normalized spacial score (nSPS) is 20.1. The fourth-order valence-corrected chi connectivity index (χ4v) is 3.71. The first-order valence-corrected chi connectivity index (χ1v) is 8.21. The quantitative estimate of drug-likeness (QED) is 0.872. The Hall–Kier alpha value is -2.17. The van der Waals surface area contributed by atoms with Crippen LogP contribution in [0.25, 0.3) is 0 Å². The average molecular weight is 314 g/mol. The number of hydrogen-bond donors (Lipinski definition) is 1. The summed E-state index contributed by atoms with van der Waals surface area (Å²) < 4.78 is 0. The fourth-order valence-electron chi connectivity index (χ4n) is 3.71. The van der Waals surface area contributed by atoms with Crippen molar-refractivity contribution >= 4 is 23.4 Å². The number of hydrogen-bond acceptors (Lipinski definition) is 3. The molecule has 1 aromatic carbocycles. The maximum Gasteiger partial charge on any atom is 0.244 e. The molecule has 1 saturated heterocycles. The summed E-state index contributed by atoms with van der Waals surface area (Å²) in [5.74, 6) is -0.692. The zero-order valence-electron chi connectivity index (χ0n) is 13.4. The lowest BCUT2D eigenvalue weighted by Gasteiger charge is -2.30. The average Bonchev–Trinajstić information content (AvgIpc) is 2.72. The molecular weight excluding hydrogens is 292 g/mol. The molecule has 1 spiro atoms. The minimum atomic E-state index is -0.529. The van der Waals surface area contributed by atoms with Gasteiger partial charge in [-0.3, -0.25) is 19.3 Å².